The highest BCUT2D eigenvalue weighted by atomic mass is 16.5. The van der Waals surface area contributed by atoms with Crippen molar-refractivity contribution in [3.8, 4) is 0 Å². The molecule has 0 saturated carbocycles. The Kier molecular flexibility index (Phi) is 8.31. The molecule has 36 heavy (non-hydrogen) atoms. The molecule has 8 heteroatoms. The van der Waals surface area contributed by atoms with E-state index in [-0.39, 0.29) is 11.5 Å². The molecule has 0 spiro atoms. The van der Waals surface area contributed by atoms with Crippen molar-refractivity contribution in [1.82, 2.24) is 4.90 Å². The second-order valence-electron chi connectivity index (χ2n) is 8.68. The molecule has 0 unspecified atom stereocenters. The summed E-state index contributed by atoms with van der Waals surface area (Å²) in [5, 5.41) is 5.36. The van der Waals surface area contributed by atoms with Gasteiger partial charge < -0.3 is 20.3 Å². The zero-order valence-corrected chi connectivity index (χ0v) is 20.3. The van der Waals surface area contributed by atoms with Crippen LogP contribution in [0, 0.1) is 0 Å². The van der Waals surface area contributed by atoms with Crippen molar-refractivity contribution in [2.24, 2.45) is 0 Å². The molecule has 0 radical (unpaired) electrons. The first-order chi connectivity index (χ1) is 17.5. The van der Waals surface area contributed by atoms with E-state index < -0.39 is 18.5 Å². The summed E-state index contributed by atoms with van der Waals surface area (Å²) in [5.74, 6) is -1.31. The average molecular weight is 487 g/mol. The van der Waals surface area contributed by atoms with Crippen LogP contribution in [-0.4, -0.2) is 55.5 Å². The maximum Gasteiger partial charge on any atom is 0.338 e. The molecule has 1 aliphatic rings. The number of ether oxygens (including phenoxy) is 1. The fourth-order valence-electron chi connectivity index (χ4n) is 4.10. The van der Waals surface area contributed by atoms with Gasteiger partial charge >= 0.3 is 5.97 Å². The Morgan fingerprint density at radius 3 is 2.22 bits per heavy atom. The monoisotopic (exact) mass is 486 g/mol. The van der Waals surface area contributed by atoms with Crippen LogP contribution < -0.4 is 15.5 Å². The summed E-state index contributed by atoms with van der Waals surface area (Å²) in [7, 11) is 0. The molecule has 3 aromatic carbocycles. The molecule has 0 aliphatic carbocycles. The number of benzene rings is 3. The molecule has 1 heterocycles. The number of hydrogen-bond acceptors (Lipinski definition) is 6. The molecule has 0 bridgehead atoms. The van der Waals surface area contributed by atoms with Crippen LogP contribution in [0.4, 0.5) is 17.1 Å². The van der Waals surface area contributed by atoms with E-state index in [1.54, 1.807) is 18.2 Å². The molecule has 1 saturated heterocycles. The van der Waals surface area contributed by atoms with Gasteiger partial charge in [0.1, 0.15) is 0 Å². The van der Waals surface area contributed by atoms with Crippen LogP contribution in [0.1, 0.15) is 22.8 Å². The van der Waals surface area contributed by atoms with Gasteiger partial charge in [0.05, 0.1) is 5.56 Å². The lowest BCUT2D eigenvalue weighted by atomic mass is 10.2. The van der Waals surface area contributed by atoms with Crippen molar-refractivity contribution in [3.63, 3.8) is 0 Å². The Balaban J connectivity index is 1.22. The molecule has 0 atom stereocenters. The first-order valence-electron chi connectivity index (χ1n) is 11.9. The highest BCUT2D eigenvalue weighted by Crippen LogP contribution is 2.20. The van der Waals surface area contributed by atoms with Gasteiger partial charge in [-0.25, -0.2) is 4.79 Å². The van der Waals surface area contributed by atoms with Gasteiger partial charge in [0, 0.05) is 56.7 Å². The van der Waals surface area contributed by atoms with Crippen LogP contribution in [0.2, 0.25) is 0 Å². The molecule has 1 aliphatic heterocycles. The van der Waals surface area contributed by atoms with Gasteiger partial charge in [-0.3, -0.25) is 14.5 Å². The molecule has 3 aromatic rings. The fourth-order valence-corrected chi connectivity index (χ4v) is 4.10. The van der Waals surface area contributed by atoms with E-state index in [1.165, 1.54) is 18.6 Å². The van der Waals surface area contributed by atoms with Crippen molar-refractivity contribution in [1.29, 1.82) is 0 Å². The number of nitrogens with one attached hydrogen (secondary N) is 2. The first kappa shape index (κ1) is 24.9. The van der Waals surface area contributed by atoms with E-state index in [0.29, 0.717) is 11.4 Å². The van der Waals surface area contributed by atoms with E-state index in [9.17, 15) is 14.4 Å². The van der Waals surface area contributed by atoms with Gasteiger partial charge in [-0.1, -0.05) is 36.4 Å². The maximum absolute atomic E-state index is 12.3. The van der Waals surface area contributed by atoms with E-state index in [1.807, 2.05) is 30.3 Å². The van der Waals surface area contributed by atoms with Gasteiger partial charge in [-0.15, -0.1) is 0 Å². The van der Waals surface area contributed by atoms with Crippen LogP contribution in [0.3, 0.4) is 0 Å². The summed E-state index contributed by atoms with van der Waals surface area (Å²) in [6.07, 6.45) is 0. The molecule has 2 amide bonds. The minimum atomic E-state index is -0.640. The number of carbonyl (C=O) groups excluding carboxylic acids is 3. The summed E-state index contributed by atoms with van der Waals surface area (Å²) in [6, 6.07) is 24.5. The van der Waals surface area contributed by atoms with Gasteiger partial charge in [-0.2, -0.15) is 0 Å². The van der Waals surface area contributed by atoms with Crippen LogP contribution in [0.15, 0.2) is 78.9 Å². The van der Waals surface area contributed by atoms with E-state index >= 15 is 0 Å². The number of nitrogens with zero attached hydrogens (tertiary/aromatic N) is 2. The smallest absolute Gasteiger partial charge is 0.338 e. The Labute approximate surface area is 210 Å². The number of esters is 1. The number of hydrogen-bond donors (Lipinski definition) is 2. The predicted molar refractivity (Wildman–Crippen MR) is 140 cm³/mol. The van der Waals surface area contributed by atoms with E-state index in [4.69, 9.17) is 4.74 Å². The molecule has 4 rings (SSSR count). The quantitative estimate of drug-likeness (QED) is 0.471. The molecule has 186 valence electrons. The standard InChI is InChI=1S/C28H30N4O4/c1-21(33)29-25-9-5-8-23(18-25)28(35)36-20-27(34)30-24-10-12-26(13-11-24)32-16-14-31(15-17-32)19-22-6-3-2-4-7-22/h2-13,18H,14-17,19-20H2,1H3,(H,29,33)(H,30,34). The normalized spacial score (nSPS) is 13.6. The summed E-state index contributed by atoms with van der Waals surface area (Å²) >= 11 is 0. The molecular formula is C28H30N4O4. The van der Waals surface area contributed by atoms with Crippen molar-refractivity contribution >= 4 is 34.8 Å². The largest absolute Gasteiger partial charge is 0.452 e. The third-order valence-corrected chi connectivity index (χ3v) is 5.89. The molecule has 2 N–H and O–H groups in total. The number of carbonyl (C=O) groups is 3. The highest BCUT2D eigenvalue weighted by Gasteiger charge is 2.17. The Morgan fingerprint density at radius 2 is 1.53 bits per heavy atom. The number of amides is 2. The molecule has 1 fully saturated rings. The topological polar surface area (TPSA) is 91.0 Å². The van der Waals surface area contributed by atoms with Gasteiger partial charge in [0.2, 0.25) is 5.91 Å². The number of piperazine rings is 1. The van der Waals surface area contributed by atoms with E-state index in [0.717, 1.165) is 38.4 Å². The Morgan fingerprint density at radius 1 is 0.806 bits per heavy atom. The third kappa shape index (κ3) is 7.16. The zero-order chi connectivity index (χ0) is 25.3. The van der Waals surface area contributed by atoms with Crippen LogP contribution in [-0.2, 0) is 20.9 Å². The SMILES string of the molecule is CC(=O)Nc1cccc(C(=O)OCC(=O)Nc2ccc(N3CCN(Cc4ccccc4)CC3)cc2)c1. The second-order valence-corrected chi connectivity index (χ2v) is 8.68. The van der Waals surface area contributed by atoms with Gasteiger partial charge in [0.25, 0.3) is 5.91 Å². The van der Waals surface area contributed by atoms with Crippen molar-refractivity contribution < 1.29 is 19.1 Å². The van der Waals surface area contributed by atoms with Crippen molar-refractivity contribution in [2.45, 2.75) is 13.5 Å². The fraction of sp³-hybridized carbons (Fsp3) is 0.250. The van der Waals surface area contributed by atoms with Gasteiger partial charge in [0.15, 0.2) is 6.61 Å². The summed E-state index contributed by atoms with van der Waals surface area (Å²) in [5.41, 5.74) is 3.81. The van der Waals surface area contributed by atoms with Crippen LogP contribution >= 0.6 is 0 Å². The highest BCUT2D eigenvalue weighted by molar-refractivity contribution is 5.97. The van der Waals surface area contributed by atoms with Gasteiger partial charge in [-0.05, 0) is 48.0 Å². The Bertz CT molecular complexity index is 1190. The van der Waals surface area contributed by atoms with Crippen LogP contribution in [0.5, 0.6) is 0 Å². The summed E-state index contributed by atoms with van der Waals surface area (Å²) in [4.78, 5) is 40.5. The summed E-state index contributed by atoms with van der Waals surface area (Å²) in [6.45, 7) is 5.81. The minimum absolute atomic E-state index is 0.240. The minimum Gasteiger partial charge on any atom is -0.452 e. The number of rotatable bonds is 8. The third-order valence-electron chi connectivity index (χ3n) is 5.89. The maximum atomic E-state index is 12.3. The number of anilines is 3. The second kappa shape index (κ2) is 12.0. The lowest BCUT2D eigenvalue weighted by Gasteiger charge is -2.36. The van der Waals surface area contributed by atoms with Crippen molar-refractivity contribution in [2.75, 3.05) is 48.3 Å². The van der Waals surface area contributed by atoms with E-state index in [2.05, 4.69) is 44.7 Å². The lowest BCUT2D eigenvalue weighted by Crippen LogP contribution is -2.45. The molecular weight excluding hydrogens is 456 g/mol. The molecule has 8 nitrogen and oxygen atoms in total. The average Bonchev–Trinajstić information content (AvgIpc) is 2.89. The molecule has 0 aromatic heterocycles. The predicted octanol–water partition coefficient (Wildman–Crippen LogP) is 3.76. The first-order valence-corrected chi connectivity index (χ1v) is 11.9. The summed E-state index contributed by atoms with van der Waals surface area (Å²) < 4.78 is 5.12. The van der Waals surface area contributed by atoms with Crippen molar-refractivity contribution in [3.05, 3.63) is 90.0 Å². The Hall–Kier alpha value is -4.17. The van der Waals surface area contributed by atoms with Crippen LogP contribution in [0.25, 0.3) is 0 Å². The lowest BCUT2D eigenvalue weighted by molar-refractivity contribution is -0.119. The zero-order valence-electron chi connectivity index (χ0n) is 20.3.